The Morgan fingerprint density at radius 1 is 0.939 bits per heavy atom. The highest BCUT2D eigenvalue weighted by molar-refractivity contribution is 5.93. The summed E-state index contributed by atoms with van der Waals surface area (Å²) in [6, 6.07) is 5.83. The average molecular weight is 685 g/mol. The molecule has 0 bridgehead atoms. The molecule has 0 aliphatic rings. The van der Waals surface area contributed by atoms with Crippen LogP contribution in [0.25, 0.3) is 0 Å². The maximum Gasteiger partial charge on any atom is 0.336 e. The molecule has 49 heavy (non-hydrogen) atoms. The van der Waals surface area contributed by atoms with Gasteiger partial charge in [0.1, 0.15) is 24.2 Å². The maximum absolute atomic E-state index is 13.7. The lowest BCUT2D eigenvalue weighted by molar-refractivity contribution is -0.170. The normalized spacial score (nSPS) is 13.3. The Labute approximate surface area is 291 Å². The van der Waals surface area contributed by atoms with Crippen molar-refractivity contribution in [3.63, 3.8) is 0 Å². The van der Waals surface area contributed by atoms with Gasteiger partial charge in [0.05, 0.1) is 12.5 Å². The summed E-state index contributed by atoms with van der Waals surface area (Å²) in [5, 5.41) is 26.5. The minimum absolute atomic E-state index is 0.0806. The zero-order valence-electron chi connectivity index (χ0n) is 29.7. The van der Waals surface area contributed by atoms with Gasteiger partial charge in [-0.25, -0.2) is 4.79 Å². The highest BCUT2D eigenvalue weighted by Gasteiger charge is 2.47. The Morgan fingerprint density at radius 3 is 2.14 bits per heavy atom. The molecular weight excluding hydrogens is 628 g/mol. The second kappa shape index (κ2) is 24.9. The van der Waals surface area contributed by atoms with Gasteiger partial charge in [0.2, 0.25) is 11.8 Å². The summed E-state index contributed by atoms with van der Waals surface area (Å²) in [5.74, 6) is 1.12. The van der Waals surface area contributed by atoms with Gasteiger partial charge in [-0.15, -0.1) is 5.92 Å². The van der Waals surface area contributed by atoms with Gasteiger partial charge in [0, 0.05) is 39.7 Å². The fourth-order valence-corrected chi connectivity index (χ4v) is 5.22. The number of amides is 2. The topological polar surface area (TPSA) is 168 Å². The van der Waals surface area contributed by atoms with Crippen LogP contribution in [0, 0.1) is 17.8 Å². The van der Waals surface area contributed by atoms with Crippen LogP contribution in [0.2, 0.25) is 0 Å². The molecule has 1 aromatic carbocycles. The Hall–Kier alpha value is -4.17. The minimum atomic E-state index is -2.62. The molecule has 0 saturated heterocycles. The van der Waals surface area contributed by atoms with Gasteiger partial charge < -0.3 is 30.3 Å². The van der Waals surface area contributed by atoms with E-state index in [2.05, 4.69) is 29.4 Å². The number of Topliss-reactive ketones (excluding diaryl/α,β-unsaturated/α-hetero) is 1. The van der Waals surface area contributed by atoms with E-state index in [1.807, 2.05) is 0 Å². The smallest absolute Gasteiger partial charge is 0.336 e. The van der Waals surface area contributed by atoms with Crippen molar-refractivity contribution in [2.75, 3.05) is 20.3 Å². The number of rotatable bonds is 26. The van der Waals surface area contributed by atoms with Crippen molar-refractivity contribution in [1.82, 2.24) is 10.6 Å². The molecule has 0 aliphatic carbocycles. The Bertz CT molecular complexity index is 1270. The second-order valence-electron chi connectivity index (χ2n) is 12.1. The zero-order valence-corrected chi connectivity index (χ0v) is 29.7. The molecule has 0 spiro atoms. The molecule has 1 rings (SSSR count). The Morgan fingerprint density at radius 2 is 1.57 bits per heavy atom. The number of esters is 1. The minimum Gasteiger partial charge on any atom is -0.481 e. The molecule has 272 valence electrons. The number of aliphatic carboxylic acids is 1. The number of carbonyl (C=O) groups is 5. The quantitative estimate of drug-likeness (QED) is 0.0451. The number of likely N-dealkylation sites (N-methyl/N-ethyl adjacent to an activating group) is 1. The van der Waals surface area contributed by atoms with Gasteiger partial charge in [-0.1, -0.05) is 75.7 Å². The van der Waals surface area contributed by atoms with E-state index >= 15 is 0 Å². The van der Waals surface area contributed by atoms with Gasteiger partial charge >= 0.3 is 11.9 Å². The first-order valence-corrected chi connectivity index (χ1v) is 17.4. The van der Waals surface area contributed by atoms with E-state index in [0.29, 0.717) is 36.4 Å². The van der Waals surface area contributed by atoms with Gasteiger partial charge in [0.25, 0.3) is 0 Å². The van der Waals surface area contributed by atoms with Gasteiger partial charge in [-0.2, -0.15) is 0 Å². The second-order valence-corrected chi connectivity index (χ2v) is 12.1. The van der Waals surface area contributed by atoms with E-state index in [0.717, 1.165) is 45.4 Å². The molecular formula is C38H56N2O9. The van der Waals surface area contributed by atoms with Crippen molar-refractivity contribution >= 4 is 29.5 Å². The van der Waals surface area contributed by atoms with Gasteiger partial charge in [-0.05, 0) is 50.3 Å². The summed E-state index contributed by atoms with van der Waals surface area (Å²) in [6.45, 7) is 4.83. The third kappa shape index (κ3) is 17.7. The number of nitrogens with one attached hydrogen (secondary N) is 2. The number of hydrogen-bond donors (Lipinski definition) is 4. The van der Waals surface area contributed by atoms with Crippen LogP contribution in [-0.2, 0) is 35.1 Å². The van der Waals surface area contributed by atoms with Crippen LogP contribution in [0.1, 0.15) is 110 Å². The van der Waals surface area contributed by atoms with Crippen molar-refractivity contribution in [1.29, 1.82) is 0 Å². The van der Waals surface area contributed by atoms with Crippen LogP contribution >= 0.6 is 0 Å². The molecule has 0 heterocycles. The lowest BCUT2D eigenvalue weighted by Gasteiger charge is -2.31. The van der Waals surface area contributed by atoms with Crippen LogP contribution in [-0.4, -0.2) is 71.7 Å². The first-order valence-electron chi connectivity index (χ1n) is 17.4. The first-order chi connectivity index (χ1) is 23.5. The molecule has 11 nitrogen and oxygen atoms in total. The van der Waals surface area contributed by atoms with E-state index in [-0.39, 0.29) is 13.0 Å². The number of ether oxygens (including phenoxy) is 2. The molecule has 0 fully saturated rings. The number of hydrogen-bond acceptors (Lipinski definition) is 8. The Balaban J connectivity index is 2.95. The van der Waals surface area contributed by atoms with Gasteiger partial charge in [0.15, 0.2) is 5.60 Å². The summed E-state index contributed by atoms with van der Waals surface area (Å²) in [7, 11) is 1.42. The van der Waals surface area contributed by atoms with Crippen molar-refractivity contribution in [2.45, 2.75) is 122 Å². The van der Waals surface area contributed by atoms with Gasteiger partial charge in [-0.3, -0.25) is 19.2 Å². The van der Waals surface area contributed by atoms with E-state index in [1.165, 1.54) is 32.4 Å². The molecule has 0 aliphatic heterocycles. The standard InChI is InChI=1S/C38H56N2O9/c1-5-7-9-12-15-18-31(42)19-16-13-10-11-14-17-20-33(38(47,37(45)46)25-27-48-29(3)41)35(43)40-34(36(44)39-4)28-30-21-23-32(24-22-30)49-26-8-6-2/h17,20-24,33-34,47H,5,7,9-16,18-19,25-28H2,1-4H3,(H,39,44)(H,40,43)(H,45,46)/b20-17+/t33-,34+,38+/m1/s1. The van der Waals surface area contributed by atoms with E-state index in [1.54, 1.807) is 37.3 Å². The molecule has 0 saturated carbocycles. The molecule has 4 N–H and O–H groups in total. The lowest BCUT2D eigenvalue weighted by Crippen LogP contribution is -2.56. The number of ketones is 1. The number of carboxylic acids is 1. The van der Waals surface area contributed by atoms with Crippen LogP contribution in [0.15, 0.2) is 36.4 Å². The first kappa shape index (κ1) is 42.9. The summed E-state index contributed by atoms with van der Waals surface area (Å²) in [6.07, 6.45) is 13.1. The molecule has 0 radical (unpaired) electrons. The SMILES string of the molecule is CC#CCOc1ccc(C[C@H](NC(=O)[C@@H](/C=C/CCCCCCC(=O)CCCCCCC)[C@@](O)(CCOC(C)=O)C(=O)O)C(=O)NC)cc1. The summed E-state index contributed by atoms with van der Waals surface area (Å²) in [4.78, 5) is 62.3. The van der Waals surface area contributed by atoms with Crippen LogP contribution in [0.5, 0.6) is 5.75 Å². The predicted molar refractivity (Wildman–Crippen MR) is 188 cm³/mol. The van der Waals surface area contributed by atoms with E-state index in [9.17, 15) is 34.2 Å². The highest BCUT2D eigenvalue weighted by Crippen LogP contribution is 2.26. The van der Waals surface area contributed by atoms with Crippen LogP contribution in [0.3, 0.4) is 0 Å². The van der Waals surface area contributed by atoms with Crippen LogP contribution in [0.4, 0.5) is 0 Å². The monoisotopic (exact) mass is 684 g/mol. The molecule has 3 atom stereocenters. The van der Waals surface area contributed by atoms with Crippen LogP contribution < -0.4 is 15.4 Å². The molecule has 1 aromatic rings. The lowest BCUT2D eigenvalue weighted by atomic mass is 9.83. The summed E-state index contributed by atoms with van der Waals surface area (Å²) in [5.41, 5.74) is -1.92. The number of carbonyl (C=O) groups excluding carboxylic acids is 4. The number of unbranched alkanes of at least 4 members (excludes halogenated alkanes) is 8. The van der Waals surface area contributed by atoms with E-state index in [4.69, 9.17) is 9.47 Å². The zero-order chi connectivity index (χ0) is 36.5. The largest absolute Gasteiger partial charge is 0.481 e. The fraction of sp³-hybridized carbons (Fsp3) is 0.605. The summed E-state index contributed by atoms with van der Waals surface area (Å²) < 4.78 is 10.4. The van der Waals surface area contributed by atoms with Crippen molar-refractivity contribution in [2.24, 2.45) is 5.92 Å². The third-order valence-corrected chi connectivity index (χ3v) is 8.15. The fourth-order valence-electron chi connectivity index (χ4n) is 5.22. The number of carboxylic acid groups (broad SMARTS) is 1. The number of benzene rings is 1. The number of allylic oxidation sites excluding steroid dienone is 1. The Kier molecular flexibility index (Phi) is 21.8. The predicted octanol–water partition coefficient (Wildman–Crippen LogP) is 5.07. The molecule has 0 aromatic heterocycles. The van der Waals surface area contributed by atoms with Crippen molar-refractivity contribution in [3.05, 3.63) is 42.0 Å². The maximum atomic E-state index is 13.7. The molecule has 2 amide bonds. The summed E-state index contributed by atoms with van der Waals surface area (Å²) >= 11 is 0. The van der Waals surface area contributed by atoms with Crippen molar-refractivity contribution < 1.29 is 43.7 Å². The molecule has 0 unspecified atom stereocenters. The highest BCUT2D eigenvalue weighted by atomic mass is 16.5. The average Bonchev–Trinajstić information content (AvgIpc) is 3.07. The number of aliphatic hydroxyl groups is 1. The van der Waals surface area contributed by atoms with Crippen molar-refractivity contribution in [3.8, 4) is 17.6 Å². The third-order valence-electron chi connectivity index (χ3n) is 8.15. The molecule has 11 heteroatoms. The van der Waals surface area contributed by atoms with E-state index < -0.39 is 54.3 Å².